The van der Waals surface area contributed by atoms with Crippen LogP contribution in [-0.2, 0) is 4.79 Å². The molecule has 26 heavy (non-hydrogen) atoms. The van der Waals surface area contributed by atoms with Gasteiger partial charge in [-0.1, -0.05) is 0 Å². The molecule has 9 rings (SSSR count). The van der Waals surface area contributed by atoms with Crippen LogP contribution in [0.2, 0.25) is 0 Å². The second-order valence-corrected chi connectivity index (χ2v) is 9.89. The highest BCUT2D eigenvalue weighted by Gasteiger charge is 3.06. The Morgan fingerprint density at radius 1 is 1.12 bits per heavy atom. The lowest BCUT2D eigenvalue weighted by Crippen LogP contribution is -3.07. The van der Waals surface area contributed by atoms with Crippen molar-refractivity contribution in [3.63, 3.8) is 0 Å². The van der Waals surface area contributed by atoms with Gasteiger partial charge in [0, 0.05) is 26.2 Å². The zero-order valence-electron chi connectivity index (χ0n) is 14.1. The van der Waals surface area contributed by atoms with E-state index in [-0.39, 0.29) is 5.41 Å². The van der Waals surface area contributed by atoms with E-state index in [0.29, 0.717) is 11.7 Å². The molecule has 3 heterocycles. The van der Waals surface area contributed by atoms with Gasteiger partial charge in [0.25, 0.3) is 0 Å². The second-order valence-electron chi connectivity index (χ2n) is 8.97. The number of piperazine rings is 1. The number of carbonyl (C=O) groups excluding carboxylic acids is 1. The summed E-state index contributed by atoms with van der Waals surface area (Å²) < 4.78 is 0. The SMILES string of the molecule is O=C(N1CCN(c2ccsc2-c2nn[nH]n2)CC1)C12C3C4C5C3C1C5C42. The van der Waals surface area contributed by atoms with Crippen LogP contribution in [0.1, 0.15) is 0 Å². The maximum absolute atomic E-state index is 13.3. The molecule has 0 radical (unpaired) electrons. The van der Waals surface area contributed by atoms with E-state index in [0.717, 1.165) is 72.5 Å². The highest BCUT2D eigenvalue weighted by molar-refractivity contribution is 7.14. The van der Waals surface area contributed by atoms with Gasteiger partial charge in [0.05, 0.1) is 16.0 Å². The van der Waals surface area contributed by atoms with Gasteiger partial charge in [0.1, 0.15) is 0 Å². The van der Waals surface area contributed by atoms with Crippen LogP contribution in [0.15, 0.2) is 11.4 Å². The van der Waals surface area contributed by atoms with Crippen LogP contribution >= 0.6 is 11.3 Å². The number of tetrazole rings is 1. The third kappa shape index (κ3) is 1.04. The van der Waals surface area contributed by atoms with Crippen LogP contribution in [0, 0.1) is 46.8 Å². The first-order chi connectivity index (χ1) is 12.8. The van der Waals surface area contributed by atoms with Gasteiger partial charge in [-0.2, -0.15) is 5.21 Å². The predicted octanol–water partition coefficient (Wildman–Crippen LogP) is 0.945. The van der Waals surface area contributed by atoms with Gasteiger partial charge in [0.2, 0.25) is 11.7 Å². The molecule has 0 bridgehead atoms. The minimum absolute atomic E-state index is 0.148. The Bertz CT molecular complexity index is 909. The van der Waals surface area contributed by atoms with E-state index in [1.54, 1.807) is 11.3 Å². The van der Waals surface area contributed by atoms with Crippen molar-refractivity contribution >= 4 is 22.9 Å². The van der Waals surface area contributed by atoms with Gasteiger partial charge in [-0.15, -0.1) is 21.5 Å². The zero-order chi connectivity index (χ0) is 16.8. The first-order valence-electron chi connectivity index (χ1n) is 9.69. The van der Waals surface area contributed by atoms with E-state index in [9.17, 15) is 4.79 Å². The van der Waals surface area contributed by atoms with Crippen molar-refractivity contribution < 1.29 is 4.79 Å². The summed E-state index contributed by atoms with van der Waals surface area (Å²) in [6, 6.07) is 2.13. The quantitative estimate of drug-likeness (QED) is 0.875. The lowest BCUT2D eigenvalue weighted by Gasteiger charge is -3.06. The predicted molar refractivity (Wildman–Crippen MR) is 93.1 cm³/mol. The average molecular weight is 366 g/mol. The summed E-state index contributed by atoms with van der Waals surface area (Å²) in [5.41, 5.74) is 1.31. The molecule has 132 valence electrons. The van der Waals surface area contributed by atoms with Crippen LogP contribution in [-0.4, -0.2) is 57.6 Å². The summed E-state index contributed by atoms with van der Waals surface area (Å²) in [5.74, 6) is 7.59. The van der Waals surface area contributed by atoms with E-state index < -0.39 is 0 Å². The van der Waals surface area contributed by atoms with E-state index in [2.05, 4.69) is 41.9 Å². The fraction of sp³-hybridized carbons (Fsp3) is 0.667. The number of anilines is 1. The molecule has 2 aromatic rings. The Balaban J connectivity index is 1.01. The molecule has 0 aromatic carbocycles. The third-order valence-electron chi connectivity index (χ3n) is 8.95. The van der Waals surface area contributed by atoms with Crippen molar-refractivity contribution in [1.29, 1.82) is 0 Å². The van der Waals surface area contributed by atoms with E-state index >= 15 is 0 Å². The Morgan fingerprint density at radius 3 is 2.50 bits per heavy atom. The fourth-order valence-corrected chi connectivity index (χ4v) is 9.10. The number of aromatic nitrogens is 4. The summed E-state index contributed by atoms with van der Waals surface area (Å²) in [5, 5.41) is 16.5. The molecule has 7 fully saturated rings. The maximum atomic E-state index is 13.3. The van der Waals surface area contributed by atoms with E-state index in [1.165, 1.54) is 5.69 Å². The summed E-state index contributed by atoms with van der Waals surface area (Å²) in [6.07, 6.45) is 0. The van der Waals surface area contributed by atoms with Gasteiger partial charge in [0.15, 0.2) is 0 Å². The number of hydrogen-bond acceptors (Lipinski definition) is 6. The Labute approximate surface area is 153 Å². The van der Waals surface area contributed by atoms with Crippen LogP contribution in [0.3, 0.4) is 0 Å². The Hall–Kier alpha value is -1.96. The highest BCUT2D eigenvalue weighted by atomic mass is 32.1. The first-order valence-corrected chi connectivity index (χ1v) is 10.6. The molecule has 0 spiro atoms. The van der Waals surface area contributed by atoms with Gasteiger partial charge in [-0.3, -0.25) is 4.79 Å². The van der Waals surface area contributed by atoms with Gasteiger partial charge in [-0.05, 0) is 58.1 Å². The lowest BCUT2D eigenvalue weighted by molar-refractivity contribution is -0.597. The average Bonchev–Trinajstić information content (AvgIpc) is 3.39. The number of rotatable bonds is 3. The van der Waals surface area contributed by atoms with Crippen LogP contribution in [0.5, 0.6) is 0 Å². The van der Waals surface area contributed by atoms with Crippen LogP contribution in [0.25, 0.3) is 10.7 Å². The maximum Gasteiger partial charge on any atom is 0.229 e. The molecule has 2 aromatic heterocycles. The molecule has 8 heteroatoms. The minimum atomic E-state index is 0.148. The van der Waals surface area contributed by atoms with Gasteiger partial charge in [-0.25, -0.2) is 0 Å². The Kier molecular flexibility index (Phi) is 1.95. The molecule has 7 aliphatic rings. The number of aromatic amines is 1. The number of amides is 1. The number of H-pyrrole nitrogens is 1. The molecule has 6 aliphatic carbocycles. The largest absolute Gasteiger partial charge is 0.367 e. The second kappa shape index (κ2) is 3.83. The van der Waals surface area contributed by atoms with Gasteiger partial charge >= 0.3 is 0 Å². The minimum Gasteiger partial charge on any atom is -0.367 e. The molecule has 1 saturated heterocycles. The number of nitrogens with one attached hydrogen (secondary N) is 1. The summed E-state index contributed by atoms with van der Waals surface area (Å²) in [4.78, 5) is 18.9. The molecule has 6 saturated carbocycles. The summed E-state index contributed by atoms with van der Waals surface area (Å²) in [6.45, 7) is 3.47. The molecular formula is C18H18N6OS. The zero-order valence-corrected chi connectivity index (χ0v) is 14.9. The lowest BCUT2D eigenvalue weighted by atomic mass is 8.96. The van der Waals surface area contributed by atoms with Crippen LogP contribution in [0.4, 0.5) is 5.69 Å². The molecule has 1 N–H and O–H groups in total. The van der Waals surface area contributed by atoms with Crippen molar-refractivity contribution in [3.8, 4) is 10.7 Å². The number of hydrogen-bond donors (Lipinski definition) is 1. The molecule has 7 nitrogen and oxygen atoms in total. The fourth-order valence-electron chi connectivity index (χ4n) is 8.26. The normalized spacial score (nSPS) is 47.9. The van der Waals surface area contributed by atoms with E-state index in [1.807, 2.05) is 0 Å². The van der Waals surface area contributed by atoms with Crippen molar-refractivity contribution in [3.05, 3.63) is 11.4 Å². The van der Waals surface area contributed by atoms with Crippen molar-refractivity contribution in [1.82, 2.24) is 25.5 Å². The molecule has 0 unspecified atom stereocenters. The van der Waals surface area contributed by atoms with Crippen molar-refractivity contribution in [2.75, 3.05) is 31.1 Å². The monoisotopic (exact) mass is 366 g/mol. The molecule has 0 atom stereocenters. The molecular weight excluding hydrogens is 348 g/mol. The smallest absolute Gasteiger partial charge is 0.229 e. The Morgan fingerprint density at radius 2 is 1.85 bits per heavy atom. The highest BCUT2D eigenvalue weighted by Crippen LogP contribution is 3.06. The molecule has 1 amide bonds. The standard InChI is InChI=1S/C18H18N6OS/c25-17(18-12-9-8-10(12)14(18)11(8)13(9)18)24-4-2-23(3-5-24)7-1-6-26-15(7)16-19-21-22-20-16/h1,6,8-14H,2-5H2,(H,19,20,21,22). The summed E-state index contributed by atoms with van der Waals surface area (Å²) >= 11 is 1.64. The summed E-state index contributed by atoms with van der Waals surface area (Å²) in [7, 11) is 0. The third-order valence-corrected chi connectivity index (χ3v) is 9.85. The van der Waals surface area contributed by atoms with Gasteiger partial charge < -0.3 is 9.80 Å². The molecule has 1 aliphatic heterocycles. The number of thiophene rings is 1. The first kappa shape index (κ1) is 13.2. The van der Waals surface area contributed by atoms with Crippen LogP contribution < -0.4 is 4.90 Å². The number of nitrogens with zero attached hydrogens (tertiary/aromatic N) is 5. The number of carbonyl (C=O) groups is 1. The topological polar surface area (TPSA) is 78.0 Å². The van der Waals surface area contributed by atoms with Crippen molar-refractivity contribution in [2.24, 2.45) is 46.8 Å². The van der Waals surface area contributed by atoms with Crippen molar-refractivity contribution in [2.45, 2.75) is 0 Å². The van der Waals surface area contributed by atoms with E-state index in [4.69, 9.17) is 0 Å².